The van der Waals surface area contributed by atoms with E-state index in [4.69, 9.17) is 0 Å². The van der Waals surface area contributed by atoms with Gasteiger partial charge in [-0.15, -0.1) is 0 Å². The molecule has 4 rings (SSSR count). The molecule has 8 nitrogen and oxygen atoms in total. The Balaban J connectivity index is 1.93. The summed E-state index contributed by atoms with van der Waals surface area (Å²) in [5.74, 6) is 0. The van der Waals surface area contributed by atoms with E-state index < -0.39 is 0 Å². The van der Waals surface area contributed by atoms with Crippen molar-refractivity contribution < 1.29 is 0 Å². The fraction of sp³-hybridized carbons (Fsp3) is 0. The molecule has 4 heterocycles. The van der Waals surface area contributed by atoms with Crippen LogP contribution in [0, 0.1) is 0 Å². The van der Waals surface area contributed by atoms with Crippen molar-refractivity contribution in [1.29, 1.82) is 0 Å². The minimum absolute atomic E-state index is 0.668. The second kappa shape index (κ2) is 6.21. The number of rotatable bonds is 3. The van der Waals surface area contributed by atoms with Crippen LogP contribution in [0.2, 0.25) is 0 Å². The molecule has 0 bridgehead atoms. The molecule has 0 fully saturated rings. The lowest BCUT2D eigenvalue weighted by molar-refractivity contribution is 1.11. The van der Waals surface area contributed by atoms with Gasteiger partial charge in [0.1, 0.15) is 36.7 Å². The SMILES string of the molecule is c1ncc(-c2cncnc2-c2ncncc2-c2cncnc2)cn1. The zero-order chi connectivity index (χ0) is 16.2. The Morgan fingerprint density at radius 3 is 1.21 bits per heavy atom. The van der Waals surface area contributed by atoms with Crippen molar-refractivity contribution in [1.82, 2.24) is 39.9 Å². The van der Waals surface area contributed by atoms with Gasteiger partial charge in [0, 0.05) is 59.4 Å². The maximum Gasteiger partial charge on any atom is 0.116 e. The predicted octanol–water partition coefficient (Wildman–Crippen LogP) is 1.85. The third kappa shape index (κ3) is 2.56. The lowest BCUT2D eigenvalue weighted by atomic mass is 10.0. The third-order valence-electron chi connectivity index (χ3n) is 3.39. The van der Waals surface area contributed by atoms with Crippen molar-refractivity contribution in [2.45, 2.75) is 0 Å². The molecular formula is C16H10N8. The van der Waals surface area contributed by atoms with Crippen LogP contribution in [0.25, 0.3) is 33.6 Å². The van der Waals surface area contributed by atoms with E-state index in [9.17, 15) is 0 Å². The van der Waals surface area contributed by atoms with Crippen molar-refractivity contribution in [2.75, 3.05) is 0 Å². The van der Waals surface area contributed by atoms with Crippen LogP contribution in [0.3, 0.4) is 0 Å². The molecule has 24 heavy (non-hydrogen) atoms. The number of aromatic nitrogens is 8. The van der Waals surface area contributed by atoms with E-state index in [2.05, 4.69) is 39.9 Å². The molecule has 114 valence electrons. The van der Waals surface area contributed by atoms with Crippen molar-refractivity contribution in [3.8, 4) is 33.6 Å². The molecule has 8 heteroatoms. The number of nitrogens with zero attached hydrogens (tertiary/aromatic N) is 8. The van der Waals surface area contributed by atoms with Gasteiger partial charge < -0.3 is 0 Å². The minimum Gasteiger partial charge on any atom is -0.244 e. The molecule has 0 saturated carbocycles. The average molecular weight is 314 g/mol. The first-order valence-corrected chi connectivity index (χ1v) is 7.04. The highest BCUT2D eigenvalue weighted by atomic mass is 14.9. The van der Waals surface area contributed by atoms with E-state index >= 15 is 0 Å². The van der Waals surface area contributed by atoms with Crippen molar-refractivity contribution >= 4 is 0 Å². The van der Waals surface area contributed by atoms with Gasteiger partial charge in [-0.2, -0.15) is 0 Å². The summed E-state index contributed by atoms with van der Waals surface area (Å²) in [4.78, 5) is 33.3. The third-order valence-corrected chi connectivity index (χ3v) is 3.39. The summed E-state index contributed by atoms with van der Waals surface area (Å²) < 4.78 is 0. The number of hydrogen-bond donors (Lipinski definition) is 0. The summed E-state index contributed by atoms with van der Waals surface area (Å²) in [6.45, 7) is 0. The summed E-state index contributed by atoms with van der Waals surface area (Å²) in [5.41, 5.74) is 4.52. The van der Waals surface area contributed by atoms with Crippen LogP contribution in [0.15, 0.2) is 62.5 Å². The first-order valence-electron chi connectivity index (χ1n) is 7.04. The fourth-order valence-corrected chi connectivity index (χ4v) is 2.34. The molecule has 0 N–H and O–H groups in total. The van der Waals surface area contributed by atoms with Crippen LogP contribution in [-0.2, 0) is 0 Å². The van der Waals surface area contributed by atoms with Crippen LogP contribution in [0.4, 0.5) is 0 Å². The molecule has 0 spiro atoms. The first kappa shape index (κ1) is 13.9. The molecule has 0 aromatic carbocycles. The van der Waals surface area contributed by atoms with Crippen LogP contribution in [-0.4, -0.2) is 39.9 Å². The average Bonchev–Trinajstić information content (AvgIpc) is 2.69. The van der Waals surface area contributed by atoms with Gasteiger partial charge in [-0.25, -0.2) is 39.9 Å². The molecule has 0 saturated heterocycles. The maximum atomic E-state index is 4.41. The molecule has 0 atom stereocenters. The van der Waals surface area contributed by atoms with Crippen LogP contribution in [0.5, 0.6) is 0 Å². The van der Waals surface area contributed by atoms with E-state index in [0.29, 0.717) is 11.4 Å². The number of hydrogen-bond acceptors (Lipinski definition) is 8. The van der Waals surface area contributed by atoms with Gasteiger partial charge in [0.05, 0.1) is 0 Å². The fourth-order valence-electron chi connectivity index (χ4n) is 2.34. The Morgan fingerprint density at radius 1 is 0.417 bits per heavy atom. The maximum absolute atomic E-state index is 4.41. The Hall–Kier alpha value is -3.68. The lowest BCUT2D eigenvalue weighted by Crippen LogP contribution is -1.97. The van der Waals surface area contributed by atoms with E-state index in [1.807, 2.05) is 0 Å². The van der Waals surface area contributed by atoms with Crippen LogP contribution >= 0.6 is 0 Å². The second-order valence-electron chi connectivity index (χ2n) is 4.82. The van der Waals surface area contributed by atoms with Gasteiger partial charge in [0.15, 0.2) is 0 Å². The second-order valence-corrected chi connectivity index (χ2v) is 4.82. The zero-order valence-corrected chi connectivity index (χ0v) is 12.4. The monoisotopic (exact) mass is 314 g/mol. The summed E-state index contributed by atoms with van der Waals surface area (Å²) >= 11 is 0. The van der Waals surface area contributed by atoms with Gasteiger partial charge in [-0.05, 0) is 0 Å². The molecule has 0 aliphatic rings. The Bertz CT molecular complexity index is 879. The Kier molecular flexibility index (Phi) is 3.61. The highest BCUT2D eigenvalue weighted by Gasteiger charge is 2.16. The largest absolute Gasteiger partial charge is 0.244 e. The summed E-state index contributed by atoms with van der Waals surface area (Å²) in [6, 6.07) is 0. The van der Waals surface area contributed by atoms with Gasteiger partial charge >= 0.3 is 0 Å². The molecule has 0 unspecified atom stereocenters. The molecule has 4 aromatic heterocycles. The van der Waals surface area contributed by atoms with Crippen LogP contribution in [0.1, 0.15) is 0 Å². The van der Waals surface area contributed by atoms with Crippen LogP contribution < -0.4 is 0 Å². The lowest BCUT2D eigenvalue weighted by Gasteiger charge is -2.10. The van der Waals surface area contributed by atoms with Crippen molar-refractivity contribution in [2.24, 2.45) is 0 Å². The van der Waals surface area contributed by atoms with Gasteiger partial charge in [0.2, 0.25) is 0 Å². The Labute approximate surface area is 136 Å². The molecule has 0 aliphatic heterocycles. The Morgan fingerprint density at radius 2 is 0.792 bits per heavy atom. The molecule has 4 aromatic rings. The van der Waals surface area contributed by atoms with Crippen molar-refractivity contribution in [3.05, 3.63) is 62.5 Å². The van der Waals surface area contributed by atoms with E-state index in [0.717, 1.165) is 22.3 Å². The minimum atomic E-state index is 0.668. The van der Waals surface area contributed by atoms with Crippen molar-refractivity contribution in [3.63, 3.8) is 0 Å². The standard InChI is InChI=1S/C16H10N8/c1-11(2-18-7-17-1)13-5-21-9-23-15(13)16-14(6-22-10-24-16)12-3-19-8-20-4-12/h1-10H. The zero-order valence-electron chi connectivity index (χ0n) is 12.4. The summed E-state index contributed by atoms with van der Waals surface area (Å²) in [7, 11) is 0. The van der Waals surface area contributed by atoms with E-state index in [1.165, 1.54) is 25.3 Å². The van der Waals surface area contributed by atoms with E-state index in [1.54, 1.807) is 37.2 Å². The van der Waals surface area contributed by atoms with E-state index in [-0.39, 0.29) is 0 Å². The molecule has 0 aliphatic carbocycles. The summed E-state index contributed by atoms with van der Waals surface area (Å²) in [5, 5.41) is 0. The van der Waals surface area contributed by atoms with Gasteiger partial charge in [0.25, 0.3) is 0 Å². The normalized spacial score (nSPS) is 10.5. The smallest absolute Gasteiger partial charge is 0.116 e. The summed E-state index contributed by atoms with van der Waals surface area (Å²) in [6.07, 6.45) is 16.2. The predicted molar refractivity (Wildman–Crippen MR) is 85.1 cm³/mol. The topological polar surface area (TPSA) is 103 Å². The molecule has 0 radical (unpaired) electrons. The first-order chi connectivity index (χ1) is 11.9. The highest BCUT2D eigenvalue weighted by Crippen LogP contribution is 2.33. The highest BCUT2D eigenvalue weighted by molar-refractivity contribution is 5.85. The van der Waals surface area contributed by atoms with Gasteiger partial charge in [-0.1, -0.05) is 0 Å². The van der Waals surface area contributed by atoms with Gasteiger partial charge in [-0.3, -0.25) is 0 Å². The molecule has 0 amide bonds. The quantitative estimate of drug-likeness (QED) is 0.564. The molecular weight excluding hydrogens is 304 g/mol.